The van der Waals surface area contributed by atoms with Crippen LogP contribution in [-0.4, -0.2) is 37.4 Å². The lowest BCUT2D eigenvalue weighted by atomic mass is 10.0. The van der Waals surface area contributed by atoms with Gasteiger partial charge in [-0.2, -0.15) is 0 Å². The summed E-state index contributed by atoms with van der Waals surface area (Å²) in [4.78, 5) is 11.0. The first-order valence-electron chi connectivity index (χ1n) is 9.11. The molecule has 6 heteroatoms. The Bertz CT molecular complexity index is 745. The quantitative estimate of drug-likeness (QED) is 0.706. The molecule has 0 saturated heterocycles. The summed E-state index contributed by atoms with van der Waals surface area (Å²) in [5, 5.41) is 12.5. The van der Waals surface area contributed by atoms with Crippen molar-refractivity contribution in [3.8, 4) is 17.2 Å². The molecular weight excluding hydrogens is 346 g/mol. The van der Waals surface area contributed by atoms with Gasteiger partial charge in [0, 0.05) is 19.0 Å². The number of carboxylic acid groups (broad SMARTS) is 1. The van der Waals surface area contributed by atoms with E-state index in [9.17, 15) is 4.79 Å². The molecule has 2 aromatic rings. The molecule has 1 heterocycles. The van der Waals surface area contributed by atoms with E-state index in [1.807, 2.05) is 30.3 Å². The van der Waals surface area contributed by atoms with E-state index in [1.54, 1.807) is 7.11 Å². The molecule has 0 spiro atoms. The molecule has 0 amide bonds. The molecule has 0 aliphatic carbocycles. The van der Waals surface area contributed by atoms with E-state index in [4.69, 9.17) is 19.3 Å². The number of rotatable bonds is 9. The van der Waals surface area contributed by atoms with E-state index in [2.05, 4.69) is 17.4 Å². The summed E-state index contributed by atoms with van der Waals surface area (Å²) in [5.74, 6) is 1.19. The average molecular weight is 371 g/mol. The number of ether oxygens (including phenoxy) is 3. The first-order valence-corrected chi connectivity index (χ1v) is 9.11. The van der Waals surface area contributed by atoms with Crippen LogP contribution in [0.3, 0.4) is 0 Å². The van der Waals surface area contributed by atoms with Gasteiger partial charge in [-0.1, -0.05) is 30.3 Å². The van der Waals surface area contributed by atoms with E-state index < -0.39 is 5.97 Å². The van der Waals surface area contributed by atoms with Crippen LogP contribution in [0.2, 0.25) is 0 Å². The Kier molecular flexibility index (Phi) is 6.54. The van der Waals surface area contributed by atoms with Crippen molar-refractivity contribution in [2.75, 3.05) is 20.3 Å². The fourth-order valence-electron chi connectivity index (χ4n) is 3.16. The normalized spacial score (nSPS) is 13.8. The second-order valence-electron chi connectivity index (χ2n) is 6.52. The monoisotopic (exact) mass is 371 g/mol. The van der Waals surface area contributed by atoms with Gasteiger partial charge in [-0.25, -0.2) is 0 Å². The minimum atomic E-state index is -0.782. The Labute approximate surface area is 159 Å². The lowest BCUT2D eigenvalue weighted by Crippen LogP contribution is -2.31. The van der Waals surface area contributed by atoms with E-state index in [-0.39, 0.29) is 12.5 Å². The Balaban J connectivity index is 1.69. The van der Waals surface area contributed by atoms with Crippen LogP contribution in [0.4, 0.5) is 0 Å². The van der Waals surface area contributed by atoms with Gasteiger partial charge in [0.05, 0.1) is 7.11 Å². The summed E-state index contributed by atoms with van der Waals surface area (Å²) in [5.41, 5.74) is 2.18. The lowest BCUT2D eigenvalue weighted by molar-refractivity contribution is -0.137. The number of carboxylic acids is 1. The molecule has 0 fully saturated rings. The number of methoxy groups -OCH3 is 1. The highest BCUT2D eigenvalue weighted by Crippen LogP contribution is 2.40. The van der Waals surface area contributed by atoms with Gasteiger partial charge in [0.2, 0.25) is 5.75 Å². The summed E-state index contributed by atoms with van der Waals surface area (Å²) in [6.07, 6.45) is 1.47. The second-order valence-corrected chi connectivity index (χ2v) is 6.52. The van der Waals surface area contributed by atoms with Crippen molar-refractivity contribution in [2.45, 2.75) is 31.8 Å². The predicted octanol–water partition coefficient (Wildman–Crippen LogP) is 3.03. The third-order valence-corrected chi connectivity index (χ3v) is 4.51. The molecule has 0 bridgehead atoms. The van der Waals surface area contributed by atoms with Crippen LogP contribution in [-0.2, 0) is 17.8 Å². The van der Waals surface area contributed by atoms with Crippen molar-refractivity contribution in [3.63, 3.8) is 0 Å². The zero-order chi connectivity index (χ0) is 19.1. The molecule has 2 N–H and O–H groups in total. The maximum absolute atomic E-state index is 11.0. The molecule has 2 aromatic carbocycles. The highest BCUT2D eigenvalue weighted by atomic mass is 16.6. The molecule has 0 aromatic heterocycles. The van der Waals surface area contributed by atoms with Crippen LogP contribution in [0.25, 0.3) is 0 Å². The number of aliphatic carboxylic acids is 1. The average Bonchev–Trinajstić information content (AvgIpc) is 2.70. The Hall–Kier alpha value is -2.73. The van der Waals surface area contributed by atoms with Gasteiger partial charge >= 0.3 is 5.97 Å². The van der Waals surface area contributed by atoms with Crippen molar-refractivity contribution in [2.24, 2.45) is 0 Å². The standard InChI is InChI=1S/C21H25NO5/c1-25-18-12-16(13-19-21(18)27-10-9-26-19)14-22-17(7-8-20(23)24)11-15-5-3-2-4-6-15/h2-6,12-13,17,22H,7-11,14H2,1H3,(H,23,24). The van der Waals surface area contributed by atoms with Crippen molar-refractivity contribution in [3.05, 3.63) is 53.6 Å². The zero-order valence-corrected chi connectivity index (χ0v) is 15.4. The van der Waals surface area contributed by atoms with Crippen molar-refractivity contribution in [1.82, 2.24) is 5.32 Å². The Morgan fingerprint density at radius 2 is 1.96 bits per heavy atom. The molecule has 27 heavy (non-hydrogen) atoms. The van der Waals surface area contributed by atoms with Crippen LogP contribution >= 0.6 is 0 Å². The summed E-state index contributed by atoms with van der Waals surface area (Å²) >= 11 is 0. The van der Waals surface area contributed by atoms with Crippen LogP contribution < -0.4 is 19.5 Å². The molecular formula is C21H25NO5. The molecule has 0 saturated carbocycles. The summed E-state index contributed by atoms with van der Waals surface area (Å²) in [6, 6.07) is 14.0. The van der Waals surface area contributed by atoms with Gasteiger partial charge < -0.3 is 24.6 Å². The van der Waals surface area contributed by atoms with Crippen LogP contribution in [0.15, 0.2) is 42.5 Å². The molecule has 6 nitrogen and oxygen atoms in total. The van der Waals surface area contributed by atoms with Gasteiger partial charge in [0.15, 0.2) is 11.5 Å². The highest BCUT2D eigenvalue weighted by molar-refractivity contribution is 5.66. The molecule has 1 atom stereocenters. The van der Waals surface area contributed by atoms with Gasteiger partial charge in [0.1, 0.15) is 13.2 Å². The van der Waals surface area contributed by atoms with Gasteiger partial charge in [0.25, 0.3) is 0 Å². The zero-order valence-electron chi connectivity index (χ0n) is 15.4. The third-order valence-electron chi connectivity index (χ3n) is 4.51. The Morgan fingerprint density at radius 1 is 1.19 bits per heavy atom. The first-order chi connectivity index (χ1) is 13.2. The summed E-state index contributed by atoms with van der Waals surface area (Å²) in [7, 11) is 1.61. The molecule has 144 valence electrons. The van der Waals surface area contributed by atoms with Gasteiger partial charge in [-0.15, -0.1) is 0 Å². The molecule has 1 unspecified atom stereocenters. The third kappa shape index (κ3) is 5.37. The minimum absolute atomic E-state index is 0.0581. The van der Waals surface area contributed by atoms with Gasteiger partial charge in [-0.3, -0.25) is 4.79 Å². The number of hydrogen-bond acceptors (Lipinski definition) is 5. The topological polar surface area (TPSA) is 77.0 Å². The maximum atomic E-state index is 11.0. The number of carbonyl (C=O) groups is 1. The largest absolute Gasteiger partial charge is 0.493 e. The summed E-state index contributed by atoms with van der Waals surface area (Å²) in [6.45, 7) is 1.61. The van der Waals surface area contributed by atoms with Crippen LogP contribution in [0.5, 0.6) is 17.2 Å². The number of benzene rings is 2. The fourth-order valence-corrected chi connectivity index (χ4v) is 3.16. The second kappa shape index (κ2) is 9.28. The van der Waals surface area contributed by atoms with Crippen LogP contribution in [0.1, 0.15) is 24.0 Å². The fraction of sp³-hybridized carbons (Fsp3) is 0.381. The van der Waals surface area contributed by atoms with E-state index in [0.29, 0.717) is 43.4 Å². The number of hydrogen-bond donors (Lipinski definition) is 2. The van der Waals surface area contributed by atoms with Crippen molar-refractivity contribution in [1.29, 1.82) is 0 Å². The van der Waals surface area contributed by atoms with E-state index >= 15 is 0 Å². The predicted molar refractivity (Wildman–Crippen MR) is 102 cm³/mol. The minimum Gasteiger partial charge on any atom is -0.493 e. The number of fused-ring (bicyclic) bond motifs is 1. The molecule has 1 aliphatic heterocycles. The highest BCUT2D eigenvalue weighted by Gasteiger charge is 2.19. The first kappa shape index (κ1) is 19.0. The van der Waals surface area contributed by atoms with Crippen molar-refractivity contribution >= 4 is 5.97 Å². The number of nitrogens with one attached hydrogen (secondary N) is 1. The molecule has 3 rings (SSSR count). The van der Waals surface area contributed by atoms with Crippen molar-refractivity contribution < 1.29 is 24.1 Å². The smallest absolute Gasteiger partial charge is 0.303 e. The summed E-state index contributed by atoms with van der Waals surface area (Å²) < 4.78 is 16.7. The Morgan fingerprint density at radius 3 is 2.70 bits per heavy atom. The van der Waals surface area contributed by atoms with Gasteiger partial charge in [-0.05, 0) is 36.1 Å². The molecule has 0 radical (unpaired) electrons. The maximum Gasteiger partial charge on any atom is 0.303 e. The van der Waals surface area contributed by atoms with E-state index in [1.165, 1.54) is 5.56 Å². The lowest BCUT2D eigenvalue weighted by Gasteiger charge is -2.23. The SMILES string of the molecule is COc1cc(CNC(CCC(=O)O)Cc2ccccc2)cc2c1OCCO2. The van der Waals surface area contributed by atoms with Crippen LogP contribution in [0, 0.1) is 0 Å². The molecule has 1 aliphatic rings. The van der Waals surface area contributed by atoms with E-state index in [0.717, 1.165) is 12.0 Å².